The summed E-state index contributed by atoms with van der Waals surface area (Å²) >= 11 is 0. The van der Waals surface area contributed by atoms with E-state index in [1.165, 1.54) is 24.0 Å². The number of benzene rings is 1. The average molecular weight is 353 g/mol. The van der Waals surface area contributed by atoms with Crippen molar-refractivity contribution in [3.8, 4) is 5.75 Å². The van der Waals surface area contributed by atoms with Gasteiger partial charge in [-0.1, -0.05) is 6.07 Å². The van der Waals surface area contributed by atoms with E-state index in [0.29, 0.717) is 31.2 Å². The van der Waals surface area contributed by atoms with Crippen LogP contribution in [-0.2, 0) is 4.79 Å². The molecule has 2 aliphatic heterocycles. The Morgan fingerprint density at radius 2 is 1.92 bits per heavy atom. The molecule has 1 amide bonds. The maximum absolute atomic E-state index is 12.1. The third kappa shape index (κ3) is 5.12. The fourth-order valence-corrected chi connectivity index (χ4v) is 3.70. The fraction of sp³-hybridized carbons (Fsp3) is 0.632. The number of hydrogen-bond acceptors (Lipinski definition) is 3. The molecular weight excluding hydrogens is 324 g/mol. The van der Waals surface area contributed by atoms with Gasteiger partial charge in [0.25, 0.3) is 0 Å². The normalized spacial score (nSPS) is 25.0. The van der Waals surface area contributed by atoms with E-state index >= 15 is 0 Å². The minimum Gasteiger partial charge on any atom is -0.494 e. The Morgan fingerprint density at radius 1 is 1.21 bits per heavy atom. The number of amides is 1. The molecule has 2 N–H and O–H groups in total. The summed E-state index contributed by atoms with van der Waals surface area (Å²) < 4.78 is 5.74. The summed E-state index contributed by atoms with van der Waals surface area (Å²) in [5, 5.41) is 6.80. The Hall–Kier alpha value is -1.26. The lowest BCUT2D eigenvalue weighted by atomic mass is 9.99. The van der Waals surface area contributed by atoms with Gasteiger partial charge in [-0.15, -0.1) is 12.4 Å². The second kappa shape index (κ2) is 8.72. The first-order valence-corrected chi connectivity index (χ1v) is 8.85. The van der Waals surface area contributed by atoms with Crippen LogP contribution in [0.25, 0.3) is 0 Å². The summed E-state index contributed by atoms with van der Waals surface area (Å²) in [6.07, 6.45) is 6.01. The van der Waals surface area contributed by atoms with Crippen LogP contribution in [0.4, 0.5) is 0 Å². The number of fused-ring (bicyclic) bond motifs is 2. The molecule has 0 saturated carbocycles. The van der Waals surface area contributed by atoms with E-state index in [4.69, 9.17) is 4.74 Å². The van der Waals surface area contributed by atoms with Crippen LogP contribution in [0.2, 0.25) is 0 Å². The largest absolute Gasteiger partial charge is 0.494 e. The van der Waals surface area contributed by atoms with Gasteiger partial charge in [-0.05, 0) is 69.2 Å². The summed E-state index contributed by atoms with van der Waals surface area (Å²) in [6.45, 7) is 4.77. The van der Waals surface area contributed by atoms with E-state index in [9.17, 15) is 4.79 Å². The molecule has 24 heavy (non-hydrogen) atoms. The van der Waals surface area contributed by atoms with Gasteiger partial charge in [-0.3, -0.25) is 4.79 Å². The predicted octanol–water partition coefficient (Wildman–Crippen LogP) is 3.28. The minimum atomic E-state index is 0. The molecule has 4 nitrogen and oxygen atoms in total. The SMILES string of the molecule is Cc1ccc(OCCCC(=O)NC2CC3CCC(C2)N3)cc1C.Cl. The quantitative estimate of drug-likeness (QED) is 0.772. The van der Waals surface area contributed by atoms with E-state index in [1.807, 2.05) is 6.07 Å². The number of hydrogen-bond donors (Lipinski definition) is 2. The maximum Gasteiger partial charge on any atom is 0.220 e. The fourth-order valence-electron chi connectivity index (χ4n) is 3.70. The molecule has 0 aliphatic carbocycles. The van der Waals surface area contributed by atoms with Crippen molar-refractivity contribution < 1.29 is 9.53 Å². The number of nitrogens with one attached hydrogen (secondary N) is 2. The van der Waals surface area contributed by atoms with Gasteiger partial charge in [0, 0.05) is 24.5 Å². The molecule has 2 atom stereocenters. The molecule has 134 valence electrons. The van der Waals surface area contributed by atoms with Gasteiger partial charge in [-0.25, -0.2) is 0 Å². The van der Waals surface area contributed by atoms with Crippen LogP contribution in [-0.4, -0.2) is 30.6 Å². The molecule has 2 unspecified atom stereocenters. The molecular formula is C19H29ClN2O2. The number of carbonyl (C=O) groups is 1. The van der Waals surface area contributed by atoms with Gasteiger partial charge in [0.1, 0.15) is 5.75 Å². The summed E-state index contributed by atoms with van der Waals surface area (Å²) in [6, 6.07) is 7.72. The first kappa shape index (κ1) is 19.1. The van der Waals surface area contributed by atoms with Crippen LogP contribution in [0.5, 0.6) is 5.75 Å². The Kier molecular flexibility index (Phi) is 6.93. The van der Waals surface area contributed by atoms with Gasteiger partial charge < -0.3 is 15.4 Å². The zero-order valence-electron chi connectivity index (χ0n) is 14.6. The number of carbonyl (C=O) groups excluding carboxylic acids is 1. The highest BCUT2D eigenvalue weighted by Crippen LogP contribution is 2.26. The van der Waals surface area contributed by atoms with Crippen molar-refractivity contribution in [2.45, 2.75) is 70.5 Å². The zero-order chi connectivity index (χ0) is 16.2. The molecule has 0 spiro atoms. The smallest absolute Gasteiger partial charge is 0.220 e. The van der Waals surface area contributed by atoms with Gasteiger partial charge in [-0.2, -0.15) is 0 Å². The van der Waals surface area contributed by atoms with Crippen LogP contribution in [0.3, 0.4) is 0 Å². The van der Waals surface area contributed by atoms with Gasteiger partial charge >= 0.3 is 0 Å². The van der Waals surface area contributed by atoms with Gasteiger partial charge in [0.05, 0.1) is 6.61 Å². The molecule has 0 aromatic heterocycles. The first-order valence-electron chi connectivity index (χ1n) is 8.85. The van der Waals surface area contributed by atoms with Crippen LogP contribution >= 0.6 is 12.4 Å². The molecule has 1 aromatic rings. The van der Waals surface area contributed by atoms with Crippen LogP contribution in [0.1, 0.15) is 49.7 Å². The standard InChI is InChI=1S/C19H28N2O2.ClH/c1-13-5-8-18(10-14(13)2)23-9-3-4-19(22)21-17-11-15-6-7-16(12-17)20-15;/h5,8,10,15-17,20H,3-4,6-7,9,11-12H2,1-2H3,(H,21,22);1H. The first-order chi connectivity index (χ1) is 11.1. The summed E-state index contributed by atoms with van der Waals surface area (Å²) in [4.78, 5) is 12.1. The average Bonchev–Trinajstić information content (AvgIpc) is 2.86. The summed E-state index contributed by atoms with van der Waals surface area (Å²) in [5.41, 5.74) is 2.51. The van der Waals surface area contributed by atoms with Crippen molar-refractivity contribution >= 4 is 18.3 Å². The maximum atomic E-state index is 12.1. The predicted molar refractivity (Wildman–Crippen MR) is 99.0 cm³/mol. The second-order valence-corrected chi connectivity index (χ2v) is 7.07. The van der Waals surface area contributed by atoms with Crippen molar-refractivity contribution in [2.24, 2.45) is 0 Å². The molecule has 2 fully saturated rings. The van der Waals surface area contributed by atoms with Crippen LogP contribution in [0, 0.1) is 13.8 Å². The van der Waals surface area contributed by atoms with Gasteiger partial charge in [0.2, 0.25) is 5.91 Å². The number of aryl methyl sites for hydroxylation is 2. The number of ether oxygens (including phenoxy) is 1. The van der Waals surface area contributed by atoms with Crippen molar-refractivity contribution in [3.05, 3.63) is 29.3 Å². The Morgan fingerprint density at radius 3 is 2.58 bits per heavy atom. The summed E-state index contributed by atoms with van der Waals surface area (Å²) in [5.74, 6) is 1.06. The third-order valence-electron chi connectivity index (χ3n) is 5.13. The van der Waals surface area contributed by atoms with E-state index < -0.39 is 0 Å². The van der Waals surface area contributed by atoms with Crippen LogP contribution < -0.4 is 15.4 Å². The van der Waals surface area contributed by atoms with Crippen molar-refractivity contribution in [1.82, 2.24) is 10.6 Å². The molecule has 0 radical (unpaired) electrons. The number of halogens is 1. The topological polar surface area (TPSA) is 50.4 Å². The zero-order valence-corrected chi connectivity index (χ0v) is 15.5. The van der Waals surface area contributed by atoms with E-state index in [2.05, 4.69) is 36.6 Å². The van der Waals surface area contributed by atoms with Crippen molar-refractivity contribution in [3.63, 3.8) is 0 Å². The molecule has 3 rings (SSSR count). The third-order valence-corrected chi connectivity index (χ3v) is 5.13. The Bertz CT molecular complexity index is 552. The Labute approximate surface area is 151 Å². The van der Waals surface area contributed by atoms with E-state index in [0.717, 1.165) is 25.0 Å². The van der Waals surface area contributed by atoms with E-state index in [1.54, 1.807) is 0 Å². The number of piperidine rings is 1. The highest BCUT2D eigenvalue weighted by molar-refractivity contribution is 5.85. The lowest BCUT2D eigenvalue weighted by Crippen LogP contribution is -2.48. The number of rotatable bonds is 6. The van der Waals surface area contributed by atoms with Crippen molar-refractivity contribution in [2.75, 3.05) is 6.61 Å². The van der Waals surface area contributed by atoms with Gasteiger partial charge in [0.15, 0.2) is 0 Å². The monoisotopic (exact) mass is 352 g/mol. The molecule has 2 aliphatic rings. The minimum absolute atomic E-state index is 0. The molecule has 5 heteroatoms. The van der Waals surface area contributed by atoms with E-state index in [-0.39, 0.29) is 18.3 Å². The van der Waals surface area contributed by atoms with Crippen LogP contribution in [0.15, 0.2) is 18.2 Å². The summed E-state index contributed by atoms with van der Waals surface area (Å²) in [7, 11) is 0. The molecule has 2 bridgehead atoms. The molecule has 2 heterocycles. The van der Waals surface area contributed by atoms with Crippen molar-refractivity contribution in [1.29, 1.82) is 0 Å². The lowest BCUT2D eigenvalue weighted by Gasteiger charge is -2.29. The molecule has 1 aromatic carbocycles. The Balaban J connectivity index is 0.00000208. The highest BCUT2D eigenvalue weighted by Gasteiger charge is 2.33. The second-order valence-electron chi connectivity index (χ2n) is 7.07. The molecule has 2 saturated heterocycles. The highest BCUT2D eigenvalue weighted by atomic mass is 35.5. The lowest BCUT2D eigenvalue weighted by molar-refractivity contribution is -0.122.